The summed E-state index contributed by atoms with van der Waals surface area (Å²) in [5.41, 5.74) is 2.03. The normalized spacial score (nSPS) is 14.5. The van der Waals surface area contributed by atoms with Crippen LogP contribution in [0.15, 0.2) is 30.5 Å². The molecule has 0 amide bonds. The first-order valence-corrected chi connectivity index (χ1v) is 10.3. The number of nitrogens with zero attached hydrogens (tertiary/aromatic N) is 3. The van der Waals surface area contributed by atoms with Crippen molar-refractivity contribution in [3.63, 3.8) is 0 Å². The number of carbonyl (C=O) groups excluding carboxylic acids is 2. The summed E-state index contributed by atoms with van der Waals surface area (Å²) in [5, 5.41) is 4.27. The van der Waals surface area contributed by atoms with Gasteiger partial charge in [-0.2, -0.15) is 5.10 Å². The van der Waals surface area contributed by atoms with E-state index in [0.29, 0.717) is 18.7 Å². The van der Waals surface area contributed by atoms with Crippen LogP contribution in [0.2, 0.25) is 0 Å². The molecule has 0 radical (unpaired) electrons. The number of hydrogen-bond acceptors (Lipinski definition) is 7. The zero-order valence-corrected chi connectivity index (χ0v) is 17.6. The fourth-order valence-electron chi connectivity index (χ4n) is 3.43. The largest absolute Gasteiger partial charge is 0.492 e. The van der Waals surface area contributed by atoms with Gasteiger partial charge in [0.25, 0.3) is 0 Å². The predicted octanol–water partition coefficient (Wildman–Crippen LogP) is 1.86. The first-order chi connectivity index (χ1) is 14.6. The molecule has 0 aliphatic carbocycles. The van der Waals surface area contributed by atoms with Crippen LogP contribution in [0.1, 0.15) is 35.0 Å². The molecule has 3 rings (SSSR count). The Morgan fingerprint density at radius 1 is 1.17 bits per heavy atom. The maximum atomic E-state index is 12.6. The van der Waals surface area contributed by atoms with Gasteiger partial charge in [-0.25, -0.2) is 0 Å². The summed E-state index contributed by atoms with van der Waals surface area (Å²) < 4.78 is 17.9. The minimum atomic E-state index is -0.536. The SMILES string of the molecule is CCOC(=O)CC(=O)c1nn(C)cc1Cc1ccccc1OCCN1CCOCC1. The summed E-state index contributed by atoms with van der Waals surface area (Å²) in [6.45, 7) is 6.76. The molecule has 2 heterocycles. The van der Waals surface area contributed by atoms with Gasteiger partial charge < -0.3 is 14.2 Å². The molecule has 0 atom stereocenters. The second kappa shape index (κ2) is 10.9. The average molecular weight is 415 g/mol. The molecule has 30 heavy (non-hydrogen) atoms. The molecule has 2 aromatic rings. The second-order valence-electron chi connectivity index (χ2n) is 7.17. The summed E-state index contributed by atoms with van der Waals surface area (Å²) in [6.07, 6.45) is 1.99. The van der Waals surface area contributed by atoms with Gasteiger partial charge in [0.05, 0.1) is 19.8 Å². The Morgan fingerprint density at radius 2 is 1.93 bits per heavy atom. The number of morpholine rings is 1. The smallest absolute Gasteiger partial charge is 0.313 e. The van der Waals surface area contributed by atoms with Crippen LogP contribution in [0.3, 0.4) is 0 Å². The lowest BCUT2D eigenvalue weighted by Gasteiger charge is -2.26. The topological polar surface area (TPSA) is 82.9 Å². The van der Waals surface area contributed by atoms with Crippen molar-refractivity contribution in [2.45, 2.75) is 19.8 Å². The Morgan fingerprint density at radius 3 is 2.70 bits per heavy atom. The molecule has 8 nitrogen and oxygen atoms in total. The fourth-order valence-corrected chi connectivity index (χ4v) is 3.43. The predicted molar refractivity (Wildman–Crippen MR) is 111 cm³/mol. The number of aryl methyl sites for hydroxylation is 1. The summed E-state index contributed by atoms with van der Waals surface area (Å²) in [7, 11) is 1.76. The molecule has 0 unspecified atom stereocenters. The molecule has 0 N–H and O–H groups in total. The van der Waals surface area contributed by atoms with E-state index in [4.69, 9.17) is 14.2 Å². The van der Waals surface area contributed by atoms with Crippen molar-refractivity contribution < 1.29 is 23.8 Å². The van der Waals surface area contributed by atoms with E-state index < -0.39 is 5.97 Å². The highest BCUT2D eigenvalue weighted by atomic mass is 16.5. The van der Waals surface area contributed by atoms with Gasteiger partial charge in [-0.3, -0.25) is 19.2 Å². The van der Waals surface area contributed by atoms with Crippen LogP contribution in [-0.2, 0) is 27.7 Å². The van der Waals surface area contributed by atoms with Crippen LogP contribution < -0.4 is 4.74 Å². The third-order valence-electron chi connectivity index (χ3n) is 4.90. The third-order valence-corrected chi connectivity index (χ3v) is 4.90. The van der Waals surface area contributed by atoms with Crippen molar-refractivity contribution in [3.05, 3.63) is 47.3 Å². The number of para-hydroxylation sites is 1. The number of esters is 1. The zero-order valence-electron chi connectivity index (χ0n) is 17.6. The first-order valence-electron chi connectivity index (χ1n) is 10.3. The van der Waals surface area contributed by atoms with Crippen molar-refractivity contribution in [2.75, 3.05) is 46.1 Å². The summed E-state index contributed by atoms with van der Waals surface area (Å²) >= 11 is 0. The zero-order chi connectivity index (χ0) is 21.3. The third kappa shape index (κ3) is 6.14. The lowest BCUT2D eigenvalue weighted by atomic mass is 10.0. The van der Waals surface area contributed by atoms with Gasteiger partial charge in [-0.1, -0.05) is 18.2 Å². The van der Waals surface area contributed by atoms with Gasteiger partial charge in [-0.15, -0.1) is 0 Å². The lowest BCUT2D eigenvalue weighted by molar-refractivity contribution is -0.141. The molecule has 0 saturated carbocycles. The molecule has 1 aliphatic rings. The fraction of sp³-hybridized carbons (Fsp3) is 0.500. The number of Topliss-reactive ketones (excluding diaryl/α,β-unsaturated/α-hetero) is 1. The van der Waals surface area contributed by atoms with Crippen molar-refractivity contribution in [3.8, 4) is 5.75 Å². The van der Waals surface area contributed by atoms with E-state index in [0.717, 1.165) is 49.7 Å². The van der Waals surface area contributed by atoms with Crippen LogP contribution in [0, 0.1) is 0 Å². The minimum Gasteiger partial charge on any atom is -0.492 e. The van der Waals surface area contributed by atoms with Gasteiger partial charge in [0.1, 0.15) is 24.5 Å². The van der Waals surface area contributed by atoms with Crippen LogP contribution in [-0.4, -0.2) is 72.5 Å². The Balaban J connectivity index is 1.66. The average Bonchev–Trinajstić information content (AvgIpc) is 3.10. The molecular formula is C22H29N3O5. The van der Waals surface area contributed by atoms with Crippen LogP contribution in [0.25, 0.3) is 0 Å². The molecule has 1 aromatic carbocycles. The van der Waals surface area contributed by atoms with E-state index in [1.807, 2.05) is 30.5 Å². The number of aromatic nitrogens is 2. The quantitative estimate of drug-likeness (QED) is 0.333. The highest BCUT2D eigenvalue weighted by molar-refractivity contribution is 6.05. The number of ether oxygens (including phenoxy) is 3. The maximum Gasteiger partial charge on any atom is 0.313 e. The summed E-state index contributed by atoms with van der Waals surface area (Å²) in [4.78, 5) is 26.6. The van der Waals surface area contributed by atoms with E-state index in [2.05, 4.69) is 10.00 Å². The van der Waals surface area contributed by atoms with Gasteiger partial charge >= 0.3 is 5.97 Å². The molecule has 1 aliphatic heterocycles. The highest BCUT2D eigenvalue weighted by Gasteiger charge is 2.21. The Labute approximate surface area is 176 Å². The van der Waals surface area contributed by atoms with Crippen molar-refractivity contribution in [1.82, 2.24) is 14.7 Å². The molecular weight excluding hydrogens is 386 g/mol. The second-order valence-corrected chi connectivity index (χ2v) is 7.17. The van der Waals surface area contributed by atoms with E-state index in [1.165, 1.54) is 0 Å². The van der Waals surface area contributed by atoms with E-state index in [9.17, 15) is 9.59 Å². The number of benzene rings is 1. The minimum absolute atomic E-state index is 0.246. The van der Waals surface area contributed by atoms with Crippen molar-refractivity contribution >= 4 is 11.8 Å². The Bertz CT molecular complexity index is 858. The van der Waals surface area contributed by atoms with Gasteiger partial charge in [0.2, 0.25) is 0 Å². The standard InChI is InChI=1S/C22H29N3O5/c1-3-29-21(27)15-19(26)22-18(16-24(2)23-22)14-17-6-4-5-7-20(17)30-13-10-25-8-11-28-12-9-25/h4-7,16H,3,8-15H2,1-2H3. The van der Waals surface area contributed by atoms with Gasteiger partial charge in [-0.05, 0) is 18.6 Å². The van der Waals surface area contributed by atoms with Gasteiger partial charge in [0, 0.05) is 44.9 Å². The van der Waals surface area contributed by atoms with Crippen molar-refractivity contribution in [2.24, 2.45) is 7.05 Å². The van der Waals surface area contributed by atoms with Crippen LogP contribution in [0.5, 0.6) is 5.75 Å². The van der Waals surface area contributed by atoms with E-state index in [-0.39, 0.29) is 18.8 Å². The molecule has 0 spiro atoms. The first kappa shape index (κ1) is 22.0. The number of ketones is 1. The number of carbonyl (C=O) groups is 2. The van der Waals surface area contributed by atoms with Gasteiger partial charge in [0.15, 0.2) is 5.78 Å². The highest BCUT2D eigenvalue weighted by Crippen LogP contribution is 2.23. The molecule has 1 saturated heterocycles. The molecule has 8 heteroatoms. The molecule has 1 aromatic heterocycles. The number of hydrogen-bond donors (Lipinski definition) is 0. The number of rotatable bonds is 10. The Hall–Kier alpha value is -2.71. The monoisotopic (exact) mass is 415 g/mol. The van der Waals surface area contributed by atoms with E-state index in [1.54, 1.807) is 18.7 Å². The van der Waals surface area contributed by atoms with Crippen LogP contribution in [0.4, 0.5) is 0 Å². The van der Waals surface area contributed by atoms with Crippen molar-refractivity contribution in [1.29, 1.82) is 0 Å². The molecule has 1 fully saturated rings. The Kier molecular flexibility index (Phi) is 7.98. The molecule has 0 bridgehead atoms. The maximum absolute atomic E-state index is 12.6. The van der Waals surface area contributed by atoms with E-state index >= 15 is 0 Å². The summed E-state index contributed by atoms with van der Waals surface area (Å²) in [6, 6.07) is 7.80. The summed E-state index contributed by atoms with van der Waals surface area (Å²) in [5.74, 6) is -0.0841. The molecule has 162 valence electrons. The van der Waals surface area contributed by atoms with Crippen LogP contribution >= 0.6 is 0 Å². The lowest BCUT2D eigenvalue weighted by Crippen LogP contribution is -2.38.